The molecule has 2 aromatic carbocycles. The zero-order valence-corrected chi connectivity index (χ0v) is 12.8. The van der Waals surface area contributed by atoms with Crippen LogP contribution in [0.4, 0.5) is 5.69 Å². The maximum absolute atomic E-state index is 12.3. The number of rotatable bonds is 4. The van der Waals surface area contributed by atoms with Gasteiger partial charge in [0.15, 0.2) is 0 Å². The van der Waals surface area contributed by atoms with Crippen molar-refractivity contribution < 1.29 is 9.72 Å². The Balaban J connectivity index is 1.88. The number of nitrogens with one attached hydrogen (secondary N) is 2. The van der Waals surface area contributed by atoms with Gasteiger partial charge in [0.25, 0.3) is 11.6 Å². The number of carbonyl (C=O) groups is 1. The number of aryl methyl sites for hydroxylation is 1. The van der Waals surface area contributed by atoms with Crippen LogP contribution in [0.15, 0.2) is 53.6 Å². The SMILES string of the molecule is Cc1c(C(=O)NN=Cc2ccccc2)[nH]c2c([N+](=O)[O-])cccc12. The summed E-state index contributed by atoms with van der Waals surface area (Å²) >= 11 is 0. The Kier molecular flexibility index (Phi) is 4.07. The molecule has 120 valence electrons. The topological polar surface area (TPSA) is 100 Å². The van der Waals surface area contributed by atoms with Gasteiger partial charge in [0, 0.05) is 11.5 Å². The average Bonchev–Trinajstić information content (AvgIpc) is 2.93. The fourth-order valence-electron chi connectivity index (χ4n) is 2.48. The molecule has 3 rings (SSSR count). The van der Waals surface area contributed by atoms with Gasteiger partial charge in [-0.15, -0.1) is 0 Å². The Morgan fingerprint density at radius 1 is 1.21 bits per heavy atom. The number of carbonyl (C=O) groups excluding carboxylic acids is 1. The molecule has 0 unspecified atom stereocenters. The van der Waals surface area contributed by atoms with Crippen LogP contribution in [0.5, 0.6) is 0 Å². The molecular formula is C17H14N4O3. The maximum atomic E-state index is 12.3. The van der Waals surface area contributed by atoms with Crippen molar-refractivity contribution in [2.75, 3.05) is 0 Å². The largest absolute Gasteiger partial charge is 0.345 e. The summed E-state index contributed by atoms with van der Waals surface area (Å²) in [4.78, 5) is 25.7. The molecule has 2 N–H and O–H groups in total. The Morgan fingerprint density at radius 2 is 1.96 bits per heavy atom. The lowest BCUT2D eigenvalue weighted by atomic mass is 10.1. The molecule has 1 aromatic heterocycles. The highest BCUT2D eigenvalue weighted by atomic mass is 16.6. The molecule has 0 spiro atoms. The van der Waals surface area contributed by atoms with E-state index in [1.165, 1.54) is 12.3 Å². The van der Waals surface area contributed by atoms with Gasteiger partial charge in [-0.1, -0.05) is 42.5 Å². The molecule has 7 heteroatoms. The first-order chi connectivity index (χ1) is 11.6. The van der Waals surface area contributed by atoms with E-state index in [2.05, 4.69) is 15.5 Å². The van der Waals surface area contributed by atoms with E-state index in [0.29, 0.717) is 16.5 Å². The van der Waals surface area contributed by atoms with Gasteiger partial charge in [-0.05, 0) is 18.1 Å². The molecule has 24 heavy (non-hydrogen) atoms. The first-order valence-corrected chi connectivity index (χ1v) is 7.22. The molecule has 0 aliphatic heterocycles. The number of fused-ring (bicyclic) bond motifs is 1. The molecule has 0 aliphatic rings. The van der Waals surface area contributed by atoms with Crippen molar-refractivity contribution in [1.29, 1.82) is 0 Å². The Bertz CT molecular complexity index is 945. The van der Waals surface area contributed by atoms with E-state index in [0.717, 1.165) is 5.56 Å². The van der Waals surface area contributed by atoms with Crippen LogP contribution in [0.25, 0.3) is 10.9 Å². The summed E-state index contributed by atoms with van der Waals surface area (Å²) in [6, 6.07) is 14.0. The average molecular weight is 322 g/mol. The van der Waals surface area contributed by atoms with E-state index in [-0.39, 0.29) is 11.4 Å². The second kappa shape index (κ2) is 6.33. The summed E-state index contributed by atoms with van der Waals surface area (Å²) in [6.07, 6.45) is 1.53. The molecule has 3 aromatic rings. The van der Waals surface area contributed by atoms with E-state index in [1.807, 2.05) is 30.3 Å². The minimum Gasteiger partial charge on any atom is -0.345 e. The number of aromatic nitrogens is 1. The third-order valence-electron chi connectivity index (χ3n) is 3.67. The second-order valence-electron chi connectivity index (χ2n) is 5.19. The lowest BCUT2D eigenvalue weighted by molar-refractivity contribution is -0.383. The van der Waals surface area contributed by atoms with E-state index >= 15 is 0 Å². The summed E-state index contributed by atoms with van der Waals surface area (Å²) in [5.41, 5.74) is 4.43. The minimum atomic E-state index is -0.479. The van der Waals surface area contributed by atoms with Crippen LogP contribution in [0, 0.1) is 17.0 Å². The van der Waals surface area contributed by atoms with Crippen molar-refractivity contribution in [3.05, 3.63) is 75.5 Å². The number of benzene rings is 2. The maximum Gasteiger partial charge on any atom is 0.293 e. The number of nitro groups is 1. The lowest BCUT2D eigenvalue weighted by Gasteiger charge is -1.98. The monoisotopic (exact) mass is 322 g/mol. The van der Waals surface area contributed by atoms with Crippen LogP contribution in [-0.4, -0.2) is 22.0 Å². The standard InChI is InChI=1S/C17H14N4O3/c1-11-13-8-5-9-14(21(23)24)16(13)19-15(11)17(22)20-18-10-12-6-3-2-4-7-12/h2-10,19H,1H3,(H,20,22). The Labute approximate surface area is 137 Å². The van der Waals surface area contributed by atoms with Gasteiger partial charge in [-0.2, -0.15) is 5.10 Å². The molecule has 0 radical (unpaired) electrons. The Hall–Kier alpha value is -3.48. The van der Waals surface area contributed by atoms with Gasteiger partial charge < -0.3 is 4.98 Å². The first-order valence-electron chi connectivity index (χ1n) is 7.22. The van der Waals surface area contributed by atoms with E-state index < -0.39 is 10.8 Å². The molecule has 1 heterocycles. The molecule has 0 aliphatic carbocycles. The quantitative estimate of drug-likeness (QED) is 0.438. The highest BCUT2D eigenvalue weighted by molar-refractivity contribution is 6.03. The molecular weight excluding hydrogens is 308 g/mol. The number of hydrogen-bond donors (Lipinski definition) is 2. The Morgan fingerprint density at radius 3 is 2.67 bits per heavy atom. The number of aromatic amines is 1. The number of hydrazone groups is 1. The van der Waals surface area contributed by atoms with Crippen molar-refractivity contribution in [2.45, 2.75) is 6.92 Å². The number of amides is 1. The zero-order valence-electron chi connectivity index (χ0n) is 12.8. The fraction of sp³-hybridized carbons (Fsp3) is 0.0588. The van der Waals surface area contributed by atoms with Gasteiger partial charge >= 0.3 is 0 Å². The summed E-state index contributed by atoms with van der Waals surface area (Å²) in [7, 11) is 0. The normalized spacial score (nSPS) is 11.0. The molecule has 0 fully saturated rings. The predicted molar refractivity (Wildman–Crippen MR) is 91.2 cm³/mol. The third kappa shape index (κ3) is 2.87. The minimum absolute atomic E-state index is 0.0672. The highest BCUT2D eigenvalue weighted by Gasteiger charge is 2.20. The van der Waals surface area contributed by atoms with Crippen LogP contribution in [0.3, 0.4) is 0 Å². The number of non-ortho nitro benzene ring substituents is 1. The zero-order chi connectivity index (χ0) is 17.1. The molecule has 0 bridgehead atoms. The van der Waals surface area contributed by atoms with Gasteiger partial charge in [0.1, 0.15) is 11.2 Å². The summed E-state index contributed by atoms with van der Waals surface area (Å²) in [5, 5.41) is 15.6. The molecule has 0 saturated carbocycles. The molecule has 7 nitrogen and oxygen atoms in total. The van der Waals surface area contributed by atoms with E-state index in [9.17, 15) is 14.9 Å². The lowest BCUT2D eigenvalue weighted by Crippen LogP contribution is -2.18. The molecule has 0 saturated heterocycles. The number of para-hydroxylation sites is 1. The van der Waals surface area contributed by atoms with Crippen LogP contribution in [0.2, 0.25) is 0 Å². The molecule has 0 atom stereocenters. The summed E-state index contributed by atoms with van der Waals surface area (Å²) in [6.45, 7) is 1.73. The van der Waals surface area contributed by atoms with Crippen molar-refractivity contribution >= 4 is 28.7 Å². The van der Waals surface area contributed by atoms with E-state index in [4.69, 9.17) is 0 Å². The highest BCUT2D eigenvalue weighted by Crippen LogP contribution is 2.29. The van der Waals surface area contributed by atoms with Gasteiger partial charge in [-0.3, -0.25) is 14.9 Å². The van der Waals surface area contributed by atoms with Crippen molar-refractivity contribution in [2.24, 2.45) is 5.10 Å². The van der Waals surface area contributed by atoms with Crippen LogP contribution in [-0.2, 0) is 0 Å². The summed E-state index contributed by atoms with van der Waals surface area (Å²) in [5.74, 6) is -0.454. The smallest absolute Gasteiger partial charge is 0.293 e. The first kappa shape index (κ1) is 15.4. The number of hydrogen-bond acceptors (Lipinski definition) is 4. The predicted octanol–water partition coefficient (Wildman–Crippen LogP) is 3.15. The van der Waals surface area contributed by atoms with Crippen LogP contribution >= 0.6 is 0 Å². The van der Waals surface area contributed by atoms with Gasteiger partial charge in [0.2, 0.25) is 0 Å². The van der Waals surface area contributed by atoms with Crippen LogP contribution in [0.1, 0.15) is 21.6 Å². The van der Waals surface area contributed by atoms with Crippen molar-refractivity contribution in [1.82, 2.24) is 10.4 Å². The number of H-pyrrole nitrogens is 1. The third-order valence-corrected chi connectivity index (χ3v) is 3.67. The second-order valence-corrected chi connectivity index (χ2v) is 5.19. The van der Waals surface area contributed by atoms with Gasteiger partial charge in [0.05, 0.1) is 11.1 Å². The number of nitrogens with zero attached hydrogens (tertiary/aromatic N) is 2. The van der Waals surface area contributed by atoms with Crippen LogP contribution < -0.4 is 5.43 Å². The van der Waals surface area contributed by atoms with E-state index in [1.54, 1.807) is 19.1 Å². The van der Waals surface area contributed by atoms with Crippen molar-refractivity contribution in [3.8, 4) is 0 Å². The molecule has 1 amide bonds. The number of nitro benzene ring substituents is 1. The van der Waals surface area contributed by atoms with Gasteiger partial charge in [-0.25, -0.2) is 5.43 Å². The van der Waals surface area contributed by atoms with Crippen molar-refractivity contribution in [3.63, 3.8) is 0 Å². The fourth-order valence-corrected chi connectivity index (χ4v) is 2.48. The summed E-state index contributed by atoms with van der Waals surface area (Å²) < 4.78 is 0.